The molecule has 0 amide bonds. The number of nitrogens with two attached hydrogens (primary N) is 1. The average Bonchev–Trinajstić information content (AvgIpc) is 2.92. The molecule has 2 rings (SSSR count). The Kier molecular flexibility index (Phi) is 4.57. The van der Waals surface area contributed by atoms with Crippen LogP contribution in [0.4, 0.5) is 0 Å². The SMILES string of the molecule is Cc1nn(C)c(C)c1CC(CCc1ccnn1C)NN. The largest absolute Gasteiger partial charge is 0.273 e. The van der Waals surface area contributed by atoms with E-state index in [1.165, 1.54) is 17.0 Å². The Balaban J connectivity index is 2.00. The fraction of sp³-hybridized carbons (Fsp3) is 0.571. The van der Waals surface area contributed by atoms with Gasteiger partial charge in [0.05, 0.1) is 5.69 Å². The number of hydrogen-bond donors (Lipinski definition) is 2. The molecule has 0 fully saturated rings. The molecule has 0 spiro atoms. The Morgan fingerprint density at radius 2 is 2.05 bits per heavy atom. The van der Waals surface area contributed by atoms with E-state index >= 15 is 0 Å². The molecule has 0 aliphatic rings. The first-order valence-corrected chi connectivity index (χ1v) is 6.95. The lowest BCUT2D eigenvalue weighted by atomic mass is 10.00. The number of nitrogens with one attached hydrogen (secondary N) is 1. The monoisotopic (exact) mass is 276 g/mol. The van der Waals surface area contributed by atoms with Gasteiger partial charge in [0.1, 0.15) is 0 Å². The van der Waals surface area contributed by atoms with Crippen LogP contribution in [0.25, 0.3) is 0 Å². The van der Waals surface area contributed by atoms with Crippen LogP contribution in [-0.2, 0) is 26.9 Å². The second kappa shape index (κ2) is 6.19. The normalized spacial score (nSPS) is 12.8. The third-order valence-corrected chi connectivity index (χ3v) is 4.02. The Labute approximate surface area is 119 Å². The molecule has 110 valence electrons. The maximum atomic E-state index is 5.71. The van der Waals surface area contributed by atoms with Crippen LogP contribution in [0.15, 0.2) is 12.3 Å². The molecule has 0 saturated heterocycles. The van der Waals surface area contributed by atoms with Crippen molar-refractivity contribution < 1.29 is 0 Å². The van der Waals surface area contributed by atoms with Crippen molar-refractivity contribution in [2.75, 3.05) is 0 Å². The van der Waals surface area contributed by atoms with Gasteiger partial charge in [-0.15, -0.1) is 0 Å². The molecule has 20 heavy (non-hydrogen) atoms. The van der Waals surface area contributed by atoms with E-state index in [1.807, 2.05) is 35.7 Å². The number of aromatic nitrogens is 4. The minimum atomic E-state index is 0.242. The second-order valence-electron chi connectivity index (χ2n) is 5.33. The molecule has 6 nitrogen and oxygen atoms in total. The molecule has 0 bridgehead atoms. The number of rotatable bonds is 6. The molecular formula is C14H24N6. The van der Waals surface area contributed by atoms with Crippen LogP contribution < -0.4 is 11.3 Å². The highest BCUT2D eigenvalue weighted by Crippen LogP contribution is 2.16. The van der Waals surface area contributed by atoms with Gasteiger partial charge < -0.3 is 0 Å². The molecule has 2 aromatic rings. The first-order chi connectivity index (χ1) is 9.52. The molecule has 0 radical (unpaired) electrons. The first kappa shape index (κ1) is 14.7. The van der Waals surface area contributed by atoms with E-state index in [2.05, 4.69) is 29.5 Å². The van der Waals surface area contributed by atoms with Gasteiger partial charge in [0.15, 0.2) is 0 Å². The van der Waals surface area contributed by atoms with E-state index in [0.717, 1.165) is 25.0 Å². The van der Waals surface area contributed by atoms with Gasteiger partial charge in [0, 0.05) is 37.7 Å². The maximum absolute atomic E-state index is 5.71. The summed E-state index contributed by atoms with van der Waals surface area (Å²) in [5.41, 5.74) is 7.75. The highest BCUT2D eigenvalue weighted by Gasteiger charge is 2.15. The van der Waals surface area contributed by atoms with Crippen molar-refractivity contribution in [2.24, 2.45) is 19.9 Å². The number of hydrazine groups is 1. The standard InChI is InChI=1S/C14H24N6/c1-10-14(11(2)19(3)18-10)9-12(17-15)5-6-13-7-8-16-20(13)4/h7-8,12,17H,5-6,9,15H2,1-4H3. The van der Waals surface area contributed by atoms with Gasteiger partial charge in [-0.2, -0.15) is 10.2 Å². The molecule has 3 N–H and O–H groups in total. The van der Waals surface area contributed by atoms with Crippen LogP contribution in [0.5, 0.6) is 0 Å². The third-order valence-electron chi connectivity index (χ3n) is 4.02. The molecular weight excluding hydrogens is 252 g/mol. The van der Waals surface area contributed by atoms with Crippen LogP contribution in [0, 0.1) is 13.8 Å². The van der Waals surface area contributed by atoms with Gasteiger partial charge in [-0.25, -0.2) is 0 Å². The summed E-state index contributed by atoms with van der Waals surface area (Å²) in [4.78, 5) is 0. The highest BCUT2D eigenvalue weighted by atomic mass is 15.3. The van der Waals surface area contributed by atoms with E-state index < -0.39 is 0 Å². The molecule has 1 atom stereocenters. The van der Waals surface area contributed by atoms with Crippen LogP contribution in [0.3, 0.4) is 0 Å². The molecule has 0 aromatic carbocycles. The first-order valence-electron chi connectivity index (χ1n) is 6.95. The number of hydrogen-bond acceptors (Lipinski definition) is 4. The van der Waals surface area contributed by atoms with E-state index in [9.17, 15) is 0 Å². The fourth-order valence-electron chi connectivity index (χ4n) is 2.57. The highest BCUT2D eigenvalue weighted by molar-refractivity contribution is 5.25. The van der Waals surface area contributed by atoms with Crippen LogP contribution >= 0.6 is 0 Å². The molecule has 1 unspecified atom stereocenters. The van der Waals surface area contributed by atoms with Crippen molar-refractivity contribution in [2.45, 2.75) is 39.2 Å². The summed E-state index contributed by atoms with van der Waals surface area (Å²) in [5, 5.41) is 8.64. The van der Waals surface area contributed by atoms with Crippen LogP contribution in [0.2, 0.25) is 0 Å². The average molecular weight is 276 g/mol. The predicted molar refractivity (Wildman–Crippen MR) is 79.0 cm³/mol. The number of nitrogens with zero attached hydrogens (tertiary/aromatic N) is 4. The fourth-order valence-corrected chi connectivity index (χ4v) is 2.57. The van der Waals surface area contributed by atoms with Crippen molar-refractivity contribution in [3.63, 3.8) is 0 Å². The third kappa shape index (κ3) is 3.08. The second-order valence-corrected chi connectivity index (χ2v) is 5.33. The minimum Gasteiger partial charge on any atom is -0.273 e. The lowest BCUT2D eigenvalue weighted by Crippen LogP contribution is -2.37. The zero-order valence-corrected chi connectivity index (χ0v) is 12.7. The summed E-state index contributed by atoms with van der Waals surface area (Å²) < 4.78 is 3.84. The Morgan fingerprint density at radius 3 is 2.55 bits per heavy atom. The molecule has 2 aromatic heterocycles. The summed E-state index contributed by atoms with van der Waals surface area (Å²) in [6, 6.07) is 2.29. The van der Waals surface area contributed by atoms with Gasteiger partial charge in [-0.3, -0.25) is 20.6 Å². The van der Waals surface area contributed by atoms with Crippen molar-refractivity contribution in [3.05, 3.63) is 34.9 Å². The molecule has 2 heterocycles. The predicted octanol–water partition coefficient (Wildman–Crippen LogP) is 0.778. The zero-order chi connectivity index (χ0) is 14.7. The van der Waals surface area contributed by atoms with Gasteiger partial charge >= 0.3 is 0 Å². The van der Waals surface area contributed by atoms with Crippen molar-refractivity contribution in [1.29, 1.82) is 0 Å². The van der Waals surface area contributed by atoms with Crippen LogP contribution in [0.1, 0.15) is 29.1 Å². The summed E-state index contributed by atoms with van der Waals surface area (Å²) in [6.07, 6.45) is 4.67. The van der Waals surface area contributed by atoms with Crippen molar-refractivity contribution >= 4 is 0 Å². The van der Waals surface area contributed by atoms with Crippen LogP contribution in [-0.4, -0.2) is 25.6 Å². The quantitative estimate of drug-likeness (QED) is 0.604. The van der Waals surface area contributed by atoms with Crippen molar-refractivity contribution in [1.82, 2.24) is 25.0 Å². The smallest absolute Gasteiger partial charge is 0.0628 e. The molecule has 6 heteroatoms. The Bertz CT molecular complexity index is 568. The van der Waals surface area contributed by atoms with Gasteiger partial charge in [-0.05, 0) is 44.7 Å². The van der Waals surface area contributed by atoms with E-state index in [1.54, 1.807) is 0 Å². The van der Waals surface area contributed by atoms with E-state index in [4.69, 9.17) is 5.84 Å². The molecule has 0 aliphatic heterocycles. The molecule has 0 aliphatic carbocycles. The number of aryl methyl sites for hydroxylation is 4. The van der Waals surface area contributed by atoms with Gasteiger partial charge in [-0.1, -0.05) is 0 Å². The maximum Gasteiger partial charge on any atom is 0.0628 e. The minimum absolute atomic E-state index is 0.242. The van der Waals surface area contributed by atoms with Gasteiger partial charge in [0.25, 0.3) is 0 Å². The summed E-state index contributed by atoms with van der Waals surface area (Å²) in [5.74, 6) is 5.71. The summed E-state index contributed by atoms with van der Waals surface area (Å²) in [7, 11) is 3.95. The Morgan fingerprint density at radius 1 is 1.30 bits per heavy atom. The van der Waals surface area contributed by atoms with E-state index in [0.29, 0.717) is 0 Å². The van der Waals surface area contributed by atoms with Crippen molar-refractivity contribution in [3.8, 4) is 0 Å². The van der Waals surface area contributed by atoms with Gasteiger partial charge in [0.2, 0.25) is 0 Å². The van der Waals surface area contributed by atoms with E-state index in [-0.39, 0.29) is 6.04 Å². The summed E-state index contributed by atoms with van der Waals surface area (Å²) in [6.45, 7) is 4.15. The lowest BCUT2D eigenvalue weighted by molar-refractivity contribution is 0.482. The summed E-state index contributed by atoms with van der Waals surface area (Å²) >= 11 is 0. The zero-order valence-electron chi connectivity index (χ0n) is 12.7. The molecule has 0 saturated carbocycles. The Hall–Kier alpha value is -1.66. The lowest BCUT2D eigenvalue weighted by Gasteiger charge is -2.16. The topological polar surface area (TPSA) is 73.7 Å².